The fourth-order valence-corrected chi connectivity index (χ4v) is 6.31. The molecule has 2 aliphatic rings. The lowest BCUT2D eigenvalue weighted by atomic mass is 9.89. The van der Waals surface area contributed by atoms with Crippen LogP contribution < -0.4 is 10.6 Å². The van der Waals surface area contributed by atoms with Crippen molar-refractivity contribution in [1.82, 2.24) is 20.4 Å². The molecule has 0 saturated carbocycles. The Balaban J connectivity index is 0.000000266. The van der Waals surface area contributed by atoms with Crippen molar-refractivity contribution in [2.45, 2.75) is 104 Å². The predicted octanol–water partition coefficient (Wildman–Crippen LogP) is 7.39. The quantitative estimate of drug-likeness (QED) is 0.301. The summed E-state index contributed by atoms with van der Waals surface area (Å²) in [4.78, 5) is 40.9. The third-order valence-corrected chi connectivity index (χ3v) is 9.43. The first-order chi connectivity index (χ1) is 22.8. The highest BCUT2D eigenvalue weighted by atomic mass is 19.1. The van der Waals surface area contributed by atoms with Gasteiger partial charge in [0, 0.05) is 25.7 Å². The fourth-order valence-electron chi connectivity index (χ4n) is 6.31. The summed E-state index contributed by atoms with van der Waals surface area (Å²) >= 11 is 0. The second-order valence-electron chi connectivity index (χ2n) is 15.5. The van der Waals surface area contributed by atoms with Crippen LogP contribution in [0.2, 0.25) is 0 Å². The van der Waals surface area contributed by atoms with Crippen molar-refractivity contribution in [2.24, 2.45) is 11.8 Å². The number of ether oxygens (including phenoxy) is 2. The lowest BCUT2D eigenvalue weighted by Crippen LogP contribution is -2.56. The molecule has 6 atom stereocenters. The van der Waals surface area contributed by atoms with Crippen molar-refractivity contribution >= 4 is 18.1 Å². The molecule has 2 unspecified atom stereocenters. The van der Waals surface area contributed by atoms with Gasteiger partial charge in [-0.1, -0.05) is 74.5 Å². The number of amides is 3. The summed E-state index contributed by atoms with van der Waals surface area (Å²) in [6.45, 7) is 18.1. The van der Waals surface area contributed by atoms with Crippen LogP contribution >= 0.6 is 0 Å². The van der Waals surface area contributed by atoms with E-state index in [2.05, 4.69) is 34.6 Å². The minimum absolute atomic E-state index is 0.00109. The van der Waals surface area contributed by atoms with Gasteiger partial charge < -0.3 is 25.0 Å². The van der Waals surface area contributed by atoms with E-state index in [1.54, 1.807) is 53.4 Å². The number of alkyl carbamates (subject to hydrolysis) is 2. The molecule has 11 heteroatoms. The van der Waals surface area contributed by atoms with Gasteiger partial charge in [-0.25, -0.2) is 18.4 Å². The molecule has 272 valence electrons. The van der Waals surface area contributed by atoms with E-state index in [1.165, 1.54) is 5.56 Å². The second kappa shape index (κ2) is 15.9. The molecule has 2 aromatic carbocycles. The molecule has 3 amide bonds. The molecule has 0 aromatic heterocycles. The smallest absolute Gasteiger partial charge is 0.408 e. The molecule has 2 N–H and O–H groups in total. The number of alkyl halides is 2. The highest BCUT2D eigenvalue weighted by Crippen LogP contribution is 2.36. The maximum Gasteiger partial charge on any atom is 0.408 e. The Bertz CT molecular complexity index is 1400. The van der Waals surface area contributed by atoms with Gasteiger partial charge in [0.1, 0.15) is 30.1 Å². The average Bonchev–Trinajstić information content (AvgIpc) is 3.48. The number of benzene rings is 2. The highest BCUT2D eigenvalue weighted by molar-refractivity contribution is 5.85. The SMILES string of the molecule is CC1C(=O)N([C@H](C)c2ccccc2)C[C@@]1(CF)NC(=O)OC(C)(C)C.CC1CN([C@H](C)c2ccccc2)C[C@@]1(CF)NC(=O)OC(C)(C)C. The molecular formula is C38H56F2N4O5. The van der Waals surface area contributed by atoms with Crippen LogP contribution in [-0.4, -0.2) is 83.2 Å². The van der Waals surface area contributed by atoms with Gasteiger partial charge >= 0.3 is 12.2 Å². The zero-order valence-electron chi connectivity index (χ0n) is 30.8. The molecule has 49 heavy (non-hydrogen) atoms. The van der Waals surface area contributed by atoms with E-state index in [0.29, 0.717) is 6.54 Å². The van der Waals surface area contributed by atoms with Gasteiger partial charge in [0.2, 0.25) is 5.91 Å². The van der Waals surface area contributed by atoms with Crippen LogP contribution in [0.4, 0.5) is 18.4 Å². The zero-order chi connectivity index (χ0) is 36.8. The molecular weight excluding hydrogens is 630 g/mol. The lowest BCUT2D eigenvalue weighted by molar-refractivity contribution is -0.132. The summed E-state index contributed by atoms with van der Waals surface area (Å²) in [7, 11) is 0. The van der Waals surface area contributed by atoms with E-state index in [1.807, 2.05) is 62.4 Å². The van der Waals surface area contributed by atoms with Crippen molar-refractivity contribution < 1.29 is 32.6 Å². The number of carbonyl (C=O) groups is 3. The van der Waals surface area contributed by atoms with Gasteiger partial charge in [-0.2, -0.15) is 0 Å². The van der Waals surface area contributed by atoms with Crippen LogP contribution in [0.5, 0.6) is 0 Å². The Morgan fingerprint density at radius 2 is 1.20 bits per heavy atom. The molecule has 0 aliphatic carbocycles. The molecule has 9 nitrogen and oxygen atoms in total. The standard InChI is InChI=1S/C19H27FN2O3.C19H29FN2O2/c1-13-16(23)22(14(2)15-9-7-6-8-10-15)12-19(13,11-20)21-17(24)25-18(3,4)5;1-14-11-22(15(2)16-9-7-6-8-10-16)13-19(14,12-20)21-17(23)24-18(3,4)5/h6-10,13-14H,11-12H2,1-5H3,(H,21,24);6-10,14-15H,11-13H2,1-5H3,(H,21,23)/t13?,14-,19-;14?,15-,19-/m11/s1. The number of nitrogens with one attached hydrogen (secondary N) is 2. The normalized spacial score (nSPS) is 25.6. The number of halogens is 2. The van der Waals surface area contributed by atoms with Gasteiger partial charge in [0.25, 0.3) is 0 Å². The maximum atomic E-state index is 14.0. The third-order valence-electron chi connectivity index (χ3n) is 9.43. The van der Waals surface area contributed by atoms with Gasteiger partial charge in [-0.3, -0.25) is 9.69 Å². The molecule has 2 aromatic rings. The van der Waals surface area contributed by atoms with Crippen LogP contribution in [0, 0.1) is 11.8 Å². The highest BCUT2D eigenvalue weighted by Gasteiger charge is 2.53. The van der Waals surface area contributed by atoms with Gasteiger partial charge in [0.05, 0.1) is 17.5 Å². The summed E-state index contributed by atoms with van der Waals surface area (Å²) < 4.78 is 38.5. The number of nitrogens with zero attached hydrogens (tertiary/aromatic N) is 2. The fraction of sp³-hybridized carbons (Fsp3) is 0.605. The molecule has 2 fully saturated rings. The topological polar surface area (TPSA) is 100 Å². The molecule has 2 saturated heterocycles. The lowest BCUT2D eigenvalue weighted by Gasteiger charge is -2.33. The van der Waals surface area contributed by atoms with Crippen LogP contribution in [-0.2, 0) is 14.3 Å². The summed E-state index contributed by atoms with van der Waals surface area (Å²) in [5.74, 6) is -0.845. The van der Waals surface area contributed by atoms with E-state index < -0.39 is 53.7 Å². The van der Waals surface area contributed by atoms with Gasteiger partial charge in [-0.05, 0) is 72.4 Å². The Morgan fingerprint density at radius 3 is 1.63 bits per heavy atom. The van der Waals surface area contributed by atoms with Gasteiger partial charge in [0.15, 0.2) is 0 Å². The van der Waals surface area contributed by atoms with E-state index in [4.69, 9.17) is 9.47 Å². The number of hydrogen-bond acceptors (Lipinski definition) is 6. The number of likely N-dealkylation sites (tertiary alicyclic amines) is 2. The predicted molar refractivity (Wildman–Crippen MR) is 187 cm³/mol. The molecule has 2 heterocycles. The summed E-state index contributed by atoms with van der Waals surface area (Å²) in [6.07, 6.45) is -1.26. The van der Waals surface area contributed by atoms with Crippen LogP contribution in [0.3, 0.4) is 0 Å². The van der Waals surface area contributed by atoms with Crippen molar-refractivity contribution in [1.29, 1.82) is 0 Å². The Morgan fingerprint density at radius 1 is 0.776 bits per heavy atom. The Labute approximate surface area is 291 Å². The van der Waals surface area contributed by atoms with Crippen LogP contribution in [0.1, 0.15) is 92.4 Å². The van der Waals surface area contributed by atoms with Crippen LogP contribution in [0.15, 0.2) is 60.7 Å². The van der Waals surface area contributed by atoms with E-state index >= 15 is 0 Å². The van der Waals surface area contributed by atoms with Crippen LogP contribution in [0.25, 0.3) is 0 Å². The molecule has 0 spiro atoms. The van der Waals surface area contributed by atoms with E-state index in [-0.39, 0.29) is 30.5 Å². The van der Waals surface area contributed by atoms with Crippen molar-refractivity contribution in [3.63, 3.8) is 0 Å². The Kier molecular flexibility index (Phi) is 12.9. The number of hydrogen-bond donors (Lipinski definition) is 2. The minimum Gasteiger partial charge on any atom is -0.444 e. The van der Waals surface area contributed by atoms with Crippen molar-refractivity contribution in [2.75, 3.05) is 33.0 Å². The largest absolute Gasteiger partial charge is 0.444 e. The first-order valence-electron chi connectivity index (χ1n) is 17.0. The first-order valence-corrected chi connectivity index (χ1v) is 17.0. The number of carbonyl (C=O) groups excluding carboxylic acids is 3. The molecule has 4 rings (SSSR count). The summed E-state index contributed by atoms with van der Waals surface area (Å²) in [5.41, 5.74) is -1.30. The molecule has 2 aliphatic heterocycles. The number of rotatable bonds is 8. The summed E-state index contributed by atoms with van der Waals surface area (Å²) in [6, 6.07) is 19.7. The van der Waals surface area contributed by atoms with E-state index in [0.717, 1.165) is 12.1 Å². The maximum absolute atomic E-state index is 14.0. The summed E-state index contributed by atoms with van der Waals surface area (Å²) in [5, 5.41) is 5.42. The molecule has 0 bridgehead atoms. The van der Waals surface area contributed by atoms with Crippen molar-refractivity contribution in [3.8, 4) is 0 Å². The van der Waals surface area contributed by atoms with E-state index in [9.17, 15) is 23.2 Å². The third kappa shape index (κ3) is 10.2. The monoisotopic (exact) mass is 686 g/mol. The first kappa shape index (κ1) is 39.7. The van der Waals surface area contributed by atoms with Crippen molar-refractivity contribution in [3.05, 3.63) is 71.8 Å². The average molecular weight is 687 g/mol. The zero-order valence-corrected chi connectivity index (χ0v) is 30.8. The molecule has 0 radical (unpaired) electrons. The van der Waals surface area contributed by atoms with Gasteiger partial charge in [-0.15, -0.1) is 0 Å². The Hall–Kier alpha value is -3.73. The second-order valence-corrected chi connectivity index (χ2v) is 15.5. The minimum atomic E-state index is -1.28.